The van der Waals surface area contributed by atoms with Crippen LogP contribution in [0.25, 0.3) is 0 Å². The molecule has 114 valence electrons. The quantitative estimate of drug-likeness (QED) is 0.537. The van der Waals surface area contributed by atoms with E-state index in [0.29, 0.717) is 0 Å². The molecule has 0 radical (unpaired) electrons. The highest BCUT2D eigenvalue weighted by atomic mass is 32.2. The molecule has 0 amide bonds. The van der Waals surface area contributed by atoms with Crippen LogP contribution in [0.5, 0.6) is 0 Å². The molecule has 8 nitrogen and oxygen atoms in total. The molecule has 0 saturated carbocycles. The largest absolute Gasteiger partial charge is 0.481 e. The Morgan fingerprint density at radius 3 is 1.70 bits per heavy atom. The molecule has 0 aromatic carbocycles. The van der Waals surface area contributed by atoms with Crippen molar-refractivity contribution in [2.75, 3.05) is 0 Å². The molecule has 0 aliphatic rings. The molecule has 0 aromatic heterocycles. The zero-order valence-corrected chi connectivity index (χ0v) is 12.0. The summed E-state index contributed by atoms with van der Waals surface area (Å²) in [5, 5.41) is 19.2. The van der Waals surface area contributed by atoms with Crippen molar-refractivity contribution in [2.24, 2.45) is 5.41 Å². The first-order valence-electron chi connectivity index (χ1n) is 5.47. The second-order valence-electron chi connectivity index (χ2n) is 4.10. The smallest absolute Gasteiger partial charge is 0.310 e. The van der Waals surface area contributed by atoms with Crippen molar-refractivity contribution in [2.45, 2.75) is 32.1 Å². The third-order valence-electron chi connectivity index (χ3n) is 2.72. The van der Waals surface area contributed by atoms with Gasteiger partial charge >= 0.3 is 11.9 Å². The van der Waals surface area contributed by atoms with Crippen molar-refractivity contribution in [1.29, 1.82) is 0 Å². The lowest BCUT2D eigenvalue weighted by Crippen LogP contribution is -2.32. The summed E-state index contributed by atoms with van der Waals surface area (Å²) in [6.07, 6.45) is -1.22. The van der Waals surface area contributed by atoms with Gasteiger partial charge in [0.05, 0.1) is 5.41 Å². The van der Waals surface area contributed by atoms with Crippen molar-refractivity contribution in [3.05, 3.63) is 0 Å². The fraction of sp³-hybridized carbons (Fsp3) is 0.600. The summed E-state index contributed by atoms with van der Waals surface area (Å²) in [7, 11) is -5.16. The summed E-state index contributed by atoms with van der Waals surface area (Å²) >= 11 is 0. The Morgan fingerprint density at radius 1 is 0.950 bits per heavy atom. The Hall–Kier alpha value is -1.68. The van der Waals surface area contributed by atoms with E-state index in [4.69, 9.17) is 5.11 Å². The first-order valence-corrected chi connectivity index (χ1v) is 7.75. The third kappa shape index (κ3) is 7.04. The summed E-state index contributed by atoms with van der Waals surface area (Å²) in [5.41, 5.74) is -1.64. The van der Waals surface area contributed by atoms with Crippen LogP contribution in [0.4, 0.5) is 0 Å². The van der Waals surface area contributed by atoms with Gasteiger partial charge in [0.15, 0.2) is 0 Å². The average Bonchev–Trinajstić information content (AvgIpc) is 2.31. The van der Waals surface area contributed by atoms with Crippen molar-refractivity contribution >= 4 is 43.3 Å². The van der Waals surface area contributed by atoms with Crippen LogP contribution in [0.3, 0.4) is 0 Å². The predicted octanol–water partition coefficient (Wildman–Crippen LogP) is -0.545. The molecule has 0 heterocycles. The fourth-order valence-corrected chi connectivity index (χ4v) is 2.51. The van der Waals surface area contributed by atoms with E-state index in [1.807, 2.05) is 0 Å². The second kappa shape index (κ2) is 8.48. The lowest BCUT2D eigenvalue weighted by Gasteiger charge is -2.25. The van der Waals surface area contributed by atoms with Gasteiger partial charge in [0.1, 0.15) is 0 Å². The maximum Gasteiger partial charge on any atom is 0.310 e. The monoisotopic (exact) mass is 326 g/mol. The van der Waals surface area contributed by atoms with Crippen molar-refractivity contribution in [1.82, 2.24) is 0 Å². The topological polar surface area (TPSA) is 143 Å². The Balaban J connectivity index is 5.31. The lowest BCUT2D eigenvalue weighted by molar-refractivity contribution is -0.149. The van der Waals surface area contributed by atoms with Gasteiger partial charge in [-0.05, 0) is 25.7 Å². The molecule has 0 unspecified atom stereocenters. The van der Waals surface area contributed by atoms with Crippen LogP contribution in [-0.4, -0.2) is 49.7 Å². The molecule has 20 heavy (non-hydrogen) atoms. The van der Waals surface area contributed by atoms with Gasteiger partial charge in [-0.1, -0.05) is 0 Å². The third-order valence-corrected chi connectivity index (χ3v) is 3.60. The van der Waals surface area contributed by atoms with Crippen LogP contribution in [0.1, 0.15) is 32.1 Å². The Kier molecular flexibility index (Phi) is 7.77. The first-order chi connectivity index (χ1) is 9.19. The molecule has 0 saturated heterocycles. The molecule has 0 aliphatic carbocycles. The minimum Gasteiger partial charge on any atom is -0.481 e. The van der Waals surface area contributed by atoms with Gasteiger partial charge in [0.2, 0.25) is 20.6 Å². The Morgan fingerprint density at radius 2 is 1.40 bits per heavy atom. The van der Waals surface area contributed by atoms with E-state index in [1.165, 1.54) is 0 Å². The summed E-state index contributed by atoms with van der Waals surface area (Å²) in [6, 6.07) is 0. The van der Waals surface area contributed by atoms with Crippen LogP contribution >= 0.6 is 0 Å². The number of aliphatic carboxylic acids is 2. The zero-order chi connectivity index (χ0) is 15.8. The molecule has 0 fully saturated rings. The van der Waals surface area contributed by atoms with Crippen LogP contribution < -0.4 is 0 Å². The van der Waals surface area contributed by atoms with Gasteiger partial charge in [-0.15, -0.1) is 0 Å². The molecule has 0 atom stereocenters. The maximum atomic E-state index is 11.3. The highest BCUT2D eigenvalue weighted by molar-refractivity contribution is 7.71. The summed E-state index contributed by atoms with van der Waals surface area (Å²) in [6.45, 7) is 0. The summed E-state index contributed by atoms with van der Waals surface area (Å²) < 4.78 is 42.1. The van der Waals surface area contributed by atoms with E-state index < -0.39 is 50.8 Å². The molecule has 0 spiro atoms. The minimum atomic E-state index is -2.58. The number of carboxylic acids is 2. The van der Waals surface area contributed by atoms with E-state index in [-0.39, 0.29) is 19.3 Å². The van der Waals surface area contributed by atoms with Crippen molar-refractivity contribution < 1.29 is 36.6 Å². The van der Waals surface area contributed by atoms with Crippen LogP contribution in [0, 0.1) is 5.41 Å². The number of hydrogen-bond donors (Lipinski definition) is 2. The molecule has 0 bridgehead atoms. The Labute approximate surface area is 118 Å². The fourth-order valence-electron chi connectivity index (χ4n) is 1.60. The summed E-state index contributed by atoms with van der Waals surface area (Å²) in [4.78, 5) is 21.8. The lowest BCUT2D eigenvalue weighted by atomic mass is 9.78. The summed E-state index contributed by atoms with van der Waals surface area (Å²) in [5.74, 6) is -2.48. The Bertz CT molecular complexity index is 572. The maximum absolute atomic E-state index is 11.3. The standard InChI is InChI=1S/C10H14O8S2/c11-8(12)2-1-3-10(9(13)14,4-6-19(15)16)5-7-20(17)18/h6-7H,1-5H2,(H,11,12)(H,13,14). The van der Waals surface area contributed by atoms with E-state index >= 15 is 0 Å². The van der Waals surface area contributed by atoms with E-state index in [0.717, 1.165) is 10.7 Å². The van der Waals surface area contributed by atoms with Crippen molar-refractivity contribution in [3.63, 3.8) is 0 Å². The average molecular weight is 326 g/mol. The highest BCUT2D eigenvalue weighted by Crippen LogP contribution is 2.32. The number of carbonyl (C=O) groups is 2. The molecule has 0 aliphatic heterocycles. The second-order valence-corrected chi connectivity index (χ2v) is 5.80. The molecule has 0 rings (SSSR count). The number of rotatable bonds is 9. The minimum absolute atomic E-state index is 0.000295. The van der Waals surface area contributed by atoms with Crippen molar-refractivity contribution in [3.8, 4) is 0 Å². The van der Waals surface area contributed by atoms with E-state index in [9.17, 15) is 31.5 Å². The van der Waals surface area contributed by atoms with E-state index in [2.05, 4.69) is 0 Å². The van der Waals surface area contributed by atoms with Crippen LogP contribution in [0.15, 0.2) is 0 Å². The highest BCUT2D eigenvalue weighted by Gasteiger charge is 2.36. The SMILES string of the molecule is O=C(O)CCCC(CC=S(=O)=O)(CC=S(=O)=O)C(=O)O. The first kappa shape index (κ1) is 18.3. The predicted molar refractivity (Wildman–Crippen MR) is 70.8 cm³/mol. The molecule has 0 aromatic rings. The van der Waals surface area contributed by atoms with Gasteiger partial charge in [0, 0.05) is 17.2 Å². The molecule has 10 heteroatoms. The van der Waals surface area contributed by atoms with Gasteiger partial charge in [-0.3, -0.25) is 9.59 Å². The van der Waals surface area contributed by atoms with E-state index in [1.54, 1.807) is 0 Å². The number of hydrogen-bond acceptors (Lipinski definition) is 6. The van der Waals surface area contributed by atoms with Crippen LogP contribution in [-0.2, 0) is 30.2 Å². The zero-order valence-electron chi connectivity index (χ0n) is 10.4. The molecule has 2 N–H and O–H groups in total. The van der Waals surface area contributed by atoms with Gasteiger partial charge in [-0.2, -0.15) is 16.8 Å². The van der Waals surface area contributed by atoms with Gasteiger partial charge < -0.3 is 10.2 Å². The van der Waals surface area contributed by atoms with Crippen LogP contribution in [0.2, 0.25) is 0 Å². The molecular formula is C10H14O8S2. The van der Waals surface area contributed by atoms with Gasteiger partial charge in [-0.25, -0.2) is 0 Å². The molecular weight excluding hydrogens is 312 g/mol. The van der Waals surface area contributed by atoms with Gasteiger partial charge in [0.25, 0.3) is 0 Å². The normalized spacial score (nSPS) is 10.6. The number of carboxylic acid groups (broad SMARTS) is 2.